The molecule has 28 heavy (non-hydrogen) atoms. The molecular formula is C22H28Cl3NO2. The van der Waals surface area contributed by atoms with Crippen molar-refractivity contribution in [2.24, 2.45) is 0 Å². The summed E-state index contributed by atoms with van der Waals surface area (Å²) >= 11 is 12.3. The van der Waals surface area contributed by atoms with E-state index in [1.165, 1.54) is 32.1 Å². The van der Waals surface area contributed by atoms with E-state index in [1.807, 2.05) is 31.2 Å². The third-order valence-corrected chi connectivity index (χ3v) is 5.52. The van der Waals surface area contributed by atoms with Gasteiger partial charge in [0.2, 0.25) is 0 Å². The summed E-state index contributed by atoms with van der Waals surface area (Å²) < 4.78 is 12.0. The minimum absolute atomic E-state index is 0. The predicted octanol–water partition coefficient (Wildman–Crippen LogP) is 6.82. The number of rotatable bonds is 8. The van der Waals surface area contributed by atoms with E-state index in [1.54, 1.807) is 6.07 Å². The summed E-state index contributed by atoms with van der Waals surface area (Å²) in [6.07, 6.45) is 6.49. The van der Waals surface area contributed by atoms with Gasteiger partial charge in [0.1, 0.15) is 6.61 Å². The van der Waals surface area contributed by atoms with Gasteiger partial charge in [0.25, 0.3) is 0 Å². The van der Waals surface area contributed by atoms with Gasteiger partial charge in [0, 0.05) is 33.8 Å². The van der Waals surface area contributed by atoms with Crippen LogP contribution in [0.3, 0.4) is 0 Å². The molecule has 3 rings (SSSR count). The summed E-state index contributed by atoms with van der Waals surface area (Å²) in [5.74, 6) is 1.55. The van der Waals surface area contributed by atoms with Crippen LogP contribution < -0.4 is 14.8 Å². The van der Waals surface area contributed by atoms with Crippen molar-refractivity contribution in [3.05, 3.63) is 57.6 Å². The number of hydrogen-bond donors (Lipinski definition) is 1. The monoisotopic (exact) mass is 443 g/mol. The molecule has 2 aromatic rings. The minimum Gasteiger partial charge on any atom is -0.490 e. The van der Waals surface area contributed by atoms with Crippen LogP contribution in [0.15, 0.2) is 36.4 Å². The van der Waals surface area contributed by atoms with Gasteiger partial charge in [-0.3, -0.25) is 0 Å². The van der Waals surface area contributed by atoms with Crippen LogP contribution in [-0.2, 0) is 13.2 Å². The fourth-order valence-corrected chi connectivity index (χ4v) is 3.95. The average Bonchev–Trinajstić information content (AvgIpc) is 2.68. The van der Waals surface area contributed by atoms with E-state index >= 15 is 0 Å². The van der Waals surface area contributed by atoms with Gasteiger partial charge in [-0.1, -0.05) is 60.7 Å². The van der Waals surface area contributed by atoms with Gasteiger partial charge >= 0.3 is 0 Å². The third-order valence-electron chi connectivity index (χ3n) is 4.93. The zero-order chi connectivity index (χ0) is 19.1. The molecule has 1 aliphatic carbocycles. The molecule has 0 atom stereocenters. The Bertz CT molecular complexity index is 749. The van der Waals surface area contributed by atoms with E-state index in [0.717, 1.165) is 29.2 Å². The van der Waals surface area contributed by atoms with Crippen molar-refractivity contribution >= 4 is 35.6 Å². The fourth-order valence-electron chi connectivity index (χ4n) is 3.48. The summed E-state index contributed by atoms with van der Waals surface area (Å²) in [5, 5.41) is 4.92. The predicted molar refractivity (Wildman–Crippen MR) is 119 cm³/mol. The Labute approximate surface area is 184 Å². The van der Waals surface area contributed by atoms with E-state index in [2.05, 4.69) is 11.4 Å². The molecule has 1 aliphatic rings. The molecule has 0 amide bonds. The minimum atomic E-state index is 0. The zero-order valence-corrected chi connectivity index (χ0v) is 18.5. The first-order chi connectivity index (χ1) is 13.2. The molecule has 0 saturated heterocycles. The molecular weight excluding hydrogens is 417 g/mol. The van der Waals surface area contributed by atoms with Gasteiger partial charge in [-0.05, 0) is 38.0 Å². The molecule has 1 fully saturated rings. The Kier molecular flexibility index (Phi) is 9.73. The first kappa shape index (κ1) is 23.2. The molecule has 0 spiro atoms. The maximum Gasteiger partial charge on any atom is 0.166 e. The molecule has 6 heteroatoms. The third kappa shape index (κ3) is 6.45. The second-order valence-corrected chi connectivity index (χ2v) is 7.76. The SMILES string of the molecule is CCOc1cccc(CNC2CCCCC2)c1OCc1ccc(Cl)cc1Cl.Cl. The van der Waals surface area contributed by atoms with E-state index in [0.29, 0.717) is 29.3 Å². The molecule has 2 aromatic carbocycles. The van der Waals surface area contributed by atoms with Crippen LogP contribution in [0.4, 0.5) is 0 Å². The maximum absolute atomic E-state index is 6.29. The van der Waals surface area contributed by atoms with Crippen LogP contribution in [0.2, 0.25) is 10.0 Å². The van der Waals surface area contributed by atoms with Gasteiger partial charge in [-0.25, -0.2) is 0 Å². The van der Waals surface area contributed by atoms with Crippen LogP contribution in [0.1, 0.15) is 50.2 Å². The Balaban J connectivity index is 0.00000280. The van der Waals surface area contributed by atoms with Crippen LogP contribution in [0.5, 0.6) is 11.5 Å². The zero-order valence-electron chi connectivity index (χ0n) is 16.2. The Morgan fingerprint density at radius 1 is 1.00 bits per heavy atom. The summed E-state index contributed by atoms with van der Waals surface area (Å²) in [5.41, 5.74) is 2.01. The number of nitrogens with one attached hydrogen (secondary N) is 1. The van der Waals surface area contributed by atoms with Gasteiger partial charge < -0.3 is 14.8 Å². The molecule has 154 valence electrons. The number of hydrogen-bond acceptors (Lipinski definition) is 3. The smallest absolute Gasteiger partial charge is 0.166 e. The second kappa shape index (κ2) is 11.8. The van der Waals surface area contributed by atoms with E-state index in [9.17, 15) is 0 Å². The summed E-state index contributed by atoms with van der Waals surface area (Å²) in [6, 6.07) is 12.1. The Hall–Kier alpha value is -1.13. The van der Waals surface area contributed by atoms with E-state index < -0.39 is 0 Å². The lowest BCUT2D eigenvalue weighted by Gasteiger charge is -2.24. The van der Waals surface area contributed by atoms with E-state index in [4.69, 9.17) is 32.7 Å². The molecule has 1 saturated carbocycles. The Morgan fingerprint density at radius 3 is 2.50 bits per heavy atom. The maximum atomic E-state index is 6.29. The summed E-state index contributed by atoms with van der Waals surface area (Å²) in [4.78, 5) is 0. The lowest BCUT2D eigenvalue weighted by molar-refractivity contribution is 0.265. The average molecular weight is 445 g/mol. The second-order valence-electron chi connectivity index (χ2n) is 6.92. The van der Waals surface area contributed by atoms with Crippen LogP contribution in [0.25, 0.3) is 0 Å². The highest BCUT2D eigenvalue weighted by Crippen LogP contribution is 2.33. The van der Waals surface area contributed by atoms with Gasteiger partial charge in [-0.15, -0.1) is 12.4 Å². The number of para-hydroxylation sites is 1. The highest BCUT2D eigenvalue weighted by Gasteiger charge is 2.16. The van der Waals surface area contributed by atoms with Gasteiger partial charge in [-0.2, -0.15) is 0 Å². The fraction of sp³-hybridized carbons (Fsp3) is 0.455. The molecule has 0 aromatic heterocycles. The van der Waals surface area contributed by atoms with Crippen molar-refractivity contribution in [1.82, 2.24) is 5.32 Å². The highest BCUT2D eigenvalue weighted by atomic mass is 35.5. The number of benzene rings is 2. The number of ether oxygens (including phenoxy) is 2. The molecule has 0 heterocycles. The normalized spacial score (nSPS) is 14.4. The van der Waals surface area contributed by atoms with Crippen molar-refractivity contribution in [3.8, 4) is 11.5 Å². The molecule has 1 N–H and O–H groups in total. The van der Waals surface area contributed by atoms with Crippen LogP contribution >= 0.6 is 35.6 Å². The summed E-state index contributed by atoms with van der Waals surface area (Å²) in [7, 11) is 0. The van der Waals surface area contributed by atoms with Crippen molar-refractivity contribution in [2.75, 3.05) is 6.61 Å². The molecule has 0 unspecified atom stereocenters. The first-order valence-corrected chi connectivity index (χ1v) is 10.5. The van der Waals surface area contributed by atoms with Gasteiger partial charge in [0.15, 0.2) is 11.5 Å². The van der Waals surface area contributed by atoms with Gasteiger partial charge in [0.05, 0.1) is 6.61 Å². The lowest BCUT2D eigenvalue weighted by atomic mass is 9.95. The van der Waals surface area contributed by atoms with Crippen molar-refractivity contribution in [1.29, 1.82) is 0 Å². The van der Waals surface area contributed by atoms with Crippen molar-refractivity contribution < 1.29 is 9.47 Å². The molecule has 0 radical (unpaired) electrons. The number of halogens is 3. The first-order valence-electron chi connectivity index (χ1n) is 9.72. The standard InChI is InChI=1S/C22H27Cl2NO2.ClH/c1-2-26-21-10-6-7-16(14-25-19-8-4-3-5-9-19)22(21)27-15-17-11-12-18(23)13-20(17)24;/h6-7,10-13,19,25H,2-5,8-9,14-15H2,1H3;1H. The largest absolute Gasteiger partial charge is 0.490 e. The Morgan fingerprint density at radius 2 is 1.79 bits per heavy atom. The molecule has 0 aliphatic heterocycles. The molecule has 0 bridgehead atoms. The quantitative estimate of drug-likeness (QED) is 0.485. The highest BCUT2D eigenvalue weighted by molar-refractivity contribution is 6.35. The lowest BCUT2D eigenvalue weighted by Crippen LogP contribution is -2.30. The molecule has 3 nitrogen and oxygen atoms in total. The van der Waals surface area contributed by atoms with Crippen molar-refractivity contribution in [3.63, 3.8) is 0 Å². The van der Waals surface area contributed by atoms with Crippen molar-refractivity contribution in [2.45, 2.75) is 58.2 Å². The summed E-state index contributed by atoms with van der Waals surface area (Å²) in [6.45, 7) is 3.72. The van der Waals surface area contributed by atoms with Crippen LogP contribution in [0, 0.1) is 0 Å². The topological polar surface area (TPSA) is 30.5 Å². The van der Waals surface area contributed by atoms with Crippen LogP contribution in [-0.4, -0.2) is 12.6 Å². The van der Waals surface area contributed by atoms with E-state index in [-0.39, 0.29) is 12.4 Å².